The third-order valence-electron chi connectivity index (χ3n) is 4.47. The Morgan fingerprint density at radius 3 is 2.33 bits per heavy atom. The van der Waals surface area contributed by atoms with E-state index in [1.807, 2.05) is 0 Å². The minimum absolute atomic E-state index is 0.119. The van der Waals surface area contributed by atoms with Crippen LogP contribution in [-0.2, 0) is 6.18 Å². The normalized spacial score (nSPS) is 12.2. The maximum absolute atomic E-state index is 13.2. The number of alkyl halides is 3. The van der Waals surface area contributed by atoms with E-state index in [1.165, 1.54) is 18.3 Å². The summed E-state index contributed by atoms with van der Waals surface area (Å²) in [5.41, 5.74) is 0.341. The van der Waals surface area contributed by atoms with Gasteiger partial charge in [-0.15, -0.1) is 0 Å². The summed E-state index contributed by atoms with van der Waals surface area (Å²) in [6.45, 7) is 1.62. The molecule has 0 aliphatic carbocycles. The topological polar surface area (TPSA) is 63.2 Å². The van der Waals surface area contributed by atoms with Crippen LogP contribution in [0.5, 0.6) is 5.75 Å². The average molecular weight is 415 g/mol. The summed E-state index contributed by atoms with van der Waals surface area (Å²) in [7, 11) is 1.55. The fourth-order valence-corrected chi connectivity index (χ4v) is 2.92. The van der Waals surface area contributed by atoms with Crippen LogP contribution in [-0.4, -0.2) is 18.0 Å². The number of rotatable bonds is 6. The van der Waals surface area contributed by atoms with Gasteiger partial charge in [0.05, 0.1) is 24.3 Å². The molecule has 0 bridgehead atoms. The lowest BCUT2D eigenvalue weighted by Crippen LogP contribution is -2.16. The monoisotopic (exact) mass is 415 g/mol. The highest BCUT2D eigenvalue weighted by atomic mass is 19.4. The summed E-state index contributed by atoms with van der Waals surface area (Å²) in [5, 5.41) is 5.68. The Balaban J connectivity index is 1.68. The first-order valence-corrected chi connectivity index (χ1v) is 9.12. The number of halogens is 3. The van der Waals surface area contributed by atoms with Gasteiger partial charge >= 0.3 is 6.18 Å². The van der Waals surface area contributed by atoms with Gasteiger partial charge in [-0.25, -0.2) is 4.98 Å². The van der Waals surface area contributed by atoms with Crippen LogP contribution >= 0.6 is 0 Å². The van der Waals surface area contributed by atoms with Gasteiger partial charge in [0.2, 0.25) is 0 Å². The molecule has 5 nitrogen and oxygen atoms in total. The number of ether oxygens (including phenoxy) is 1. The largest absolute Gasteiger partial charge is 0.497 e. The van der Waals surface area contributed by atoms with Crippen LogP contribution in [0.15, 0.2) is 66.9 Å². The van der Waals surface area contributed by atoms with Crippen molar-refractivity contribution in [3.63, 3.8) is 0 Å². The van der Waals surface area contributed by atoms with Gasteiger partial charge in [-0.05, 0) is 55.0 Å². The molecule has 1 aromatic heterocycles. The Hall–Kier alpha value is -3.55. The predicted molar refractivity (Wildman–Crippen MR) is 109 cm³/mol. The number of benzene rings is 2. The van der Waals surface area contributed by atoms with Crippen molar-refractivity contribution in [1.29, 1.82) is 0 Å². The van der Waals surface area contributed by atoms with Crippen LogP contribution in [0, 0.1) is 0 Å². The highest BCUT2D eigenvalue weighted by Crippen LogP contribution is 2.35. The highest BCUT2D eigenvalue weighted by molar-refractivity contribution is 6.04. The zero-order chi connectivity index (χ0) is 21.7. The molecule has 0 saturated carbocycles. The standard InChI is InChI=1S/C22H20F3N3O2/c1-14(18-5-3-4-6-19(18)22(23,24)25)27-20-12-7-15(13-26-20)21(29)28-16-8-10-17(30-2)11-9-16/h3-14H,1-2H3,(H,26,27)(H,28,29). The Labute approximate surface area is 171 Å². The van der Waals surface area contributed by atoms with Crippen molar-refractivity contribution in [3.05, 3.63) is 83.6 Å². The minimum Gasteiger partial charge on any atom is -0.497 e. The maximum atomic E-state index is 13.2. The number of carbonyl (C=O) groups excluding carboxylic acids is 1. The van der Waals surface area contributed by atoms with E-state index < -0.39 is 17.8 Å². The number of hydrogen-bond donors (Lipinski definition) is 2. The number of amides is 1. The van der Waals surface area contributed by atoms with E-state index in [4.69, 9.17) is 4.74 Å². The summed E-state index contributed by atoms with van der Waals surface area (Å²) in [5.74, 6) is 0.682. The van der Waals surface area contributed by atoms with Crippen molar-refractivity contribution in [1.82, 2.24) is 4.98 Å². The van der Waals surface area contributed by atoms with Crippen LogP contribution in [0.3, 0.4) is 0 Å². The molecule has 0 aliphatic heterocycles. The van der Waals surface area contributed by atoms with Crippen molar-refractivity contribution >= 4 is 17.4 Å². The van der Waals surface area contributed by atoms with Crippen molar-refractivity contribution < 1.29 is 22.7 Å². The first kappa shape index (κ1) is 21.2. The number of methoxy groups -OCH3 is 1. The van der Waals surface area contributed by atoms with Gasteiger partial charge in [-0.3, -0.25) is 4.79 Å². The molecule has 156 valence electrons. The number of nitrogens with zero attached hydrogens (tertiary/aromatic N) is 1. The van der Waals surface area contributed by atoms with E-state index in [9.17, 15) is 18.0 Å². The van der Waals surface area contributed by atoms with Crippen molar-refractivity contribution in [2.45, 2.75) is 19.1 Å². The molecular formula is C22H20F3N3O2. The Morgan fingerprint density at radius 1 is 1.03 bits per heavy atom. The predicted octanol–water partition coefficient (Wildman–Crippen LogP) is 5.53. The number of hydrogen-bond acceptors (Lipinski definition) is 4. The van der Waals surface area contributed by atoms with E-state index in [0.717, 1.165) is 6.07 Å². The third kappa shape index (κ3) is 5.08. The molecule has 2 aromatic carbocycles. The smallest absolute Gasteiger partial charge is 0.416 e. The summed E-state index contributed by atoms with van der Waals surface area (Å²) < 4.78 is 44.7. The van der Waals surface area contributed by atoms with Crippen LogP contribution in [0.1, 0.15) is 34.5 Å². The molecule has 1 atom stereocenters. The second-order valence-electron chi connectivity index (χ2n) is 6.57. The fraction of sp³-hybridized carbons (Fsp3) is 0.182. The van der Waals surface area contributed by atoms with Crippen LogP contribution in [0.2, 0.25) is 0 Å². The Bertz CT molecular complexity index is 1000. The molecule has 1 unspecified atom stereocenters. The molecule has 2 N–H and O–H groups in total. The highest BCUT2D eigenvalue weighted by Gasteiger charge is 2.34. The van der Waals surface area contributed by atoms with Crippen molar-refractivity contribution in [2.24, 2.45) is 0 Å². The average Bonchev–Trinajstić information content (AvgIpc) is 2.74. The summed E-state index contributed by atoms with van der Waals surface area (Å²) >= 11 is 0. The molecule has 30 heavy (non-hydrogen) atoms. The van der Waals surface area contributed by atoms with Crippen LogP contribution in [0.4, 0.5) is 24.7 Å². The van der Waals surface area contributed by atoms with Gasteiger partial charge in [0, 0.05) is 11.9 Å². The van der Waals surface area contributed by atoms with Gasteiger partial charge < -0.3 is 15.4 Å². The van der Waals surface area contributed by atoms with Gasteiger partial charge in [0.25, 0.3) is 5.91 Å². The minimum atomic E-state index is -4.44. The number of carbonyl (C=O) groups is 1. The zero-order valence-corrected chi connectivity index (χ0v) is 16.3. The van der Waals surface area contributed by atoms with E-state index >= 15 is 0 Å². The van der Waals surface area contributed by atoms with E-state index in [0.29, 0.717) is 22.8 Å². The SMILES string of the molecule is COc1ccc(NC(=O)c2ccc(NC(C)c3ccccc3C(F)(F)F)nc2)cc1. The van der Waals surface area contributed by atoms with Crippen LogP contribution < -0.4 is 15.4 Å². The number of aromatic nitrogens is 1. The molecule has 1 heterocycles. The first-order valence-electron chi connectivity index (χ1n) is 9.12. The van der Waals surface area contributed by atoms with Gasteiger partial charge in [-0.1, -0.05) is 18.2 Å². The van der Waals surface area contributed by atoms with E-state index in [-0.39, 0.29) is 11.5 Å². The van der Waals surface area contributed by atoms with Gasteiger partial charge in [-0.2, -0.15) is 13.2 Å². The Kier molecular flexibility index (Phi) is 6.25. The lowest BCUT2D eigenvalue weighted by Gasteiger charge is -2.20. The summed E-state index contributed by atoms with van der Waals surface area (Å²) in [6.07, 6.45) is -3.08. The molecular weight excluding hydrogens is 395 g/mol. The molecule has 3 rings (SSSR count). The van der Waals surface area contributed by atoms with E-state index in [2.05, 4.69) is 15.6 Å². The van der Waals surface area contributed by atoms with E-state index in [1.54, 1.807) is 56.5 Å². The second kappa shape index (κ2) is 8.86. The lowest BCUT2D eigenvalue weighted by molar-refractivity contribution is -0.138. The lowest BCUT2D eigenvalue weighted by atomic mass is 10.0. The molecule has 0 spiro atoms. The van der Waals surface area contributed by atoms with Crippen molar-refractivity contribution in [3.8, 4) is 5.75 Å². The van der Waals surface area contributed by atoms with Gasteiger partial charge in [0.1, 0.15) is 11.6 Å². The second-order valence-corrected chi connectivity index (χ2v) is 6.57. The number of nitrogens with one attached hydrogen (secondary N) is 2. The molecule has 8 heteroatoms. The molecule has 0 aliphatic rings. The van der Waals surface area contributed by atoms with Gasteiger partial charge in [0.15, 0.2) is 0 Å². The molecule has 0 fully saturated rings. The maximum Gasteiger partial charge on any atom is 0.416 e. The molecule has 0 saturated heterocycles. The fourth-order valence-electron chi connectivity index (χ4n) is 2.92. The number of pyridine rings is 1. The zero-order valence-electron chi connectivity index (χ0n) is 16.3. The van der Waals surface area contributed by atoms with Crippen LogP contribution in [0.25, 0.3) is 0 Å². The molecule has 0 radical (unpaired) electrons. The first-order chi connectivity index (χ1) is 14.3. The quantitative estimate of drug-likeness (QED) is 0.555. The van der Waals surface area contributed by atoms with Crippen molar-refractivity contribution in [2.75, 3.05) is 17.7 Å². The Morgan fingerprint density at radius 2 is 1.73 bits per heavy atom. The molecule has 3 aromatic rings. The third-order valence-corrected chi connectivity index (χ3v) is 4.47. The summed E-state index contributed by atoms with van der Waals surface area (Å²) in [6, 6.07) is 14.7. The molecule has 1 amide bonds. The number of anilines is 2. The summed E-state index contributed by atoms with van der Waals surface area (Å²) in [4.78, 5) is 16.5.